The Kier molecular flexibility index (Phi) is 4.79. The standard InChI is InChI=1S/C17H13BrClN3O/c18-13-3-1-2-12(8-13)16-15(10-21-22-16)17(23)20-9-11-4-6-14(19)7-5-11/h1-8,10H,9H2,(H,20,23)(H,21,22). The Bertz CT molecular complexity index is 830. The highest BCUT2D eigenvalue weighted by Crippen LogP contribution is 2.24. The largest absolute Gasteiger partial charge is 0.348 e. The zero-order valence-corrected chi connectivity index (χ0v) is 14.4. The molecule has 0 spiro atoms. The summed E-state index contributed by atoms with van der Waals surface area (Å²) in [6.07, 6.45) is 1.54. The smallest absolute Gasteiger partial charge is 0.255 e. The molecule has 0 fully saturated rings. The number of halogens is 2. The number of aromatic amines is 1. The highest BCUT2D eigenvalue weighted by Gasteiger charge is 2.15. The van der Waals surface area contributed by atoms with E-state index in [1.54, 1.807) is 12.1 Å². The minimum Gasteiger partial charge on any atom is -0.348 e. The van der Waals surface area contributed by atoms with E-state index >= 15 is 0 Å². The first-order valence-electron chi connectivity index (χ1n) is 6.95. The second kappa shape index (κ2) is 6.98. The van der Waals surface area contributed by atoms with E-state index in [0.717, 1.165) is 15.6 Å². The van der Waals surface area contributed by atoms with E-state index in [4.69, 9.17) is 11.6 Å². The number of carbonyl (C=O) groups is 1. The number of rotatable bonds is 4. The van der Waals surface area contributed by atoms with E-state index in [9.17, 15) is 4.79 Å². The van der Waals surface area contributed by atoms with Crippen molar-refractivity contribution in [2.45, 2.75) is 6.54 Å². The number of amides is 1. The summed E-state index contributed by atoms with van der Waals surface area (Å²) in [5.41, 5.74) is 3.08. The first-order valence-corrected chi connectivity index (χ1v) is 8.12. The maximum Gasteiger partial charge on any atom is 0.255 e. The predicted molar refractivity (Wildman–Crippen MR) is 94.3 cm³/mol. The molecule has 2 N–H and O–H groups in total. The van der Waals surface area contributed by atoms with E-state index in [1.807, 2.05) is 36.4 Å². The van der Waals surface area contributed by atoms with Gasteiger partial charge in [0.25, 0.3) is 5.91 Å². The molecule has 6 heteroatoms. The van der Waals surface area contributed by atoms with Crippen molar-refractivity contribution in [1.82, 2.24) is 15.5 Å². The lowest BCUT2D eigenvalue weighted by Gasteiger charge is -2.06. The van der Waals surface area contributed by atoms with Gasteiger partial charge in [-0.05, 0) is 29.8 Å². The first kappa shape index (κ1) is 15.8. The highest BCUT2D eigenvalue weighted by atomic mass is 79.9. The Morgan fingerprint density at radius 1 is 1.22 bits per heavy atom. The van der Waals surface area contributed by atoms with Gasteiger partial charge in [-0.3, -0.25) is 9.89 Å². The number of hydrogen-bond donors (Lipinski definition) is 2. The van der Waals surface area contributed by atoms with Crippen molar-refractivity contribution in [2.24, 2.45) is 0 Å². The first-order chi connectivity index (χ1) is 11.1. The van der Waals surface area contributed by atoms with Gasteiger partial charge in [-0.2, -0.15) is 5.10 Å². The van der Waals surface area contributed by atoms with E-state index < -0.39 is 0 Å². The molecule has 1 aromatic heterocycles. The van der Waals surface area contributed by atoms with Crippen LogP contribution in [-0.2, 0) is 6.54 Å². The van der Waals surface area contributed by atoms with E-state index in [1.165, 1.54) is 6.20 Å². The van der Waals surface area contributed by atoms with Crippen LogP contribution in [0.4, 0.5) is 0 Å². The molecule has 4 nitrogen and oxygen atoms in total. The van der Waals surface area contributed by atoms with Gasteiger partial charge < -0.3 is 5.32 Å². The Hall–Kier alpha value is -2.11. The lowest BCUT2D eigenvalue weighted by molar-refractivity contribution is 0.0951. The molecule has 0 aliphatic heterocycles. The van der Waals surface area contributed by atoms with Crippen molar-refractivity contribution in [3.63, 3.8) is 0 Å². The van der Waals surface area contributed by atoms with E-state index in [2.05, 4.69) is 31.4 Å². The topological polar surface area (TPSA) is 57.8 Å². The van der Waals surface area contributed by atoms with Gasteiger partial charge in [-0.25, -0.2) is 0 Å². The Labute approximate surface area is 147 Å². The highest BCUT2D eigenvalue weighted by molar-refractivity contribution is 9.10. The summed E-state index contributed by atoms with van der Waals surface area (Å²) in [6, 6.07) is 15.1. The number of H-pyrrole nitrogens is 1. The molecule has 2 aromatic carbocycles. The molecule has 0 saturated heterocycles. The zero-order valence-electron chi connectivity index (χ0n) is 12.0. The fourth-order valence-electron chi connectivity index (χ4n) is 2.20. The van der Waals surface area contributed by atoms with Crippen LogP contribution in [0.1, 0.15) is 15.9 Å². The minimum atomic E-state index is -0.177. The number of nitrogens with zero attached hydrogens (tertiary/aromatic N) is 1. The van der Waals surface area contributed by atoms with Gasteiger partial charge in [-0.15, -0.1) is 0 Å². The van der Waals surface area contributed by atoms with E-state index in [0.29, 0.717) is 22.8 Å². The summed E-state index contributed by atoms with van der Waals surface area (Å²) in [7, 11) is 0. The molecule has 0 saturated carbocycles. The van der Waals surface area contributed by atoms with Crippen LogP contribution >= 0.6 is 27.5 Å². The van der Waals surface area contributed by atoms with Gasteiger partial charge in [0.1, 0.15) is 0 Å². The fourth-order valence-corrected chi connectivity index (χ4v) is 2.73. The van der Waals surface area contributed by atoms with Crippen molar-refractivity contribution in [3.8, 4) is 11.3 Å². The summed E-state index contributed by atoms with van der Waals surface area (Å²) in [5, 5.41) is 10.4. The molecule has 0 unspecified atom stereocenters. The van der Waals surface area contributed by atoms with Crippen LogP contribution in [-0.4, -0.2) is 16.1 Å². The molecule has 3 aromatic rings. The van der Waals surface area contributed by atoms with Gasteiger partial charge in [0.2, 0.25) is 0 Å². The van der Waals surface area contributed by atoms with Crippen LogP contribution in [0.2, 0.25) is 5.02 Å². The van der Waals surface area contributed by atoms with Crippen molar-refractivity contribution < 1.29 is 4.79 Å². The summed E-state index contributed by atoms with van der Waals surface area (Å²) in [4.78, 5) is 12.4. The van der Waals surface area contributed by atoms with Gasteiger partial charge in [0, 0.05) is 21.6 Å². The van der Waals surface area contributed by atoms with Crippen molar-refractivity contribution in [3.05, 3.63) is 75.4 Å². The van der Waals surface area contributed by atoms with Crippen LogP contribution in [0.3, 0.4) is 0 Å². The number of aromatic nitrogens is 2. The van der Waals surface area contributed by atoms with Gasteiger partial charge in [0.15, 0.2) is 0 Å². The average Bonchev–Trinajstić information content (AvgIpc) is 3.04. The van der Waals surface area contributed by atoms with Crippen LogP contribution < -0.4 is 5.32 Å². The van der Waals surface area contributed by atoms with Crippen molar-refractivity contribution in [2.75, 3.05) is 0 Å². The number of hydrogen-bond acceptors (Lipinski definition) is 2. The lowest BCUT2D eigenvalue weighted by Crippen LogP contribution is -2.22. The molecule has 23 heavy (non-hydrogen) atoms. The molecule has 3 rings (SSSR count). The molecular weight excluding hydrogens is 378 g/mol. The second-order valence-electron chi connectivity index (χ2n) is 4.98. The molecule has 1 heterocycles. The molecule has 0 bridgehead atoms. The van der Waals surface area contributed by atoms with Gasteiger partial charge in [-0.1, -0.05) is 51.8 Å². The monoisotopic (exact) mass is 389 g/mol. The van der Waals surface area contributed by atoms with Gasteiger partial charge in [0.05, 0.1) is 17.5 Å². The Morgan fingerprint density at radius 2 is 2.00 bits per heavy atom. The van der Waals surface area contributed by atoms with Crippen molar-refractivity contribution >= 4 is 33.4 Å². The third-order valence-electron chi connectivity index (χ3n) is 3.36. The van der Waals surface area contributed by atoms with Crippen LogP contribution in [0.5, 0.6) is 0 Å². The number of nitrogens with one attached hydrogen (secondary N) is 2. The molecule has 0 aliphatic carbocycles. The lowest BCUT2D eigenvalue weighted by atomic mass is 10.1. The molecule has 0 radical (unpaired) electrons. The van der Waals surface area contributed by atoms with Crippen molar-refractivity contribution in [1.29, 1.82) is 0 Å². The van der Waals surface area contributed by atoms with Gasteiger partial charge >= 0.3 is 0 Å². The van der Waals surface area contributed by atoms with E-state index in [-0.39, 0.29) is 5.91 Å². The summed E-state index contributed by atoms with van der Waals surface area (Å²) < 4.78 is 0.942. The minimum absolute atomic E-state index is 0.177. The average molecular weight is 391 g/mol. The Morgan fingerprint density at radius 3 is 2.74 bits per heavy atom. The number of carbonyl (C=O) groups excluding carboxylic acids is 1. The molecule has 1 amide bonds. The third-order valence-corrected chi connectivity index (χ3v) is 4.11. The third kappa shape index (κ3) is 3.81. The Balaban J connectivity index is 1.76. The fraction of sp³-hybridized carbons (Fsp3) is 0.0588. The molecule has 0 atom stereocenters. The van der Waals surface area contributed by atoms with Crippen LogP contribution in [0.15, 0.2) is 59.2 Å². The normalized spacial score (nSPS) is 10.5. The SMILES string of the molecule is O=C(NCc1ccc(Cl)cc1)c1cn[nH]c1-c1cccc(Br)c1. The maximum atomic E-state index is 12.4. The number of benzene rings is 2. The molecular formula is C17H13BrClN3O. The van der Waals surface area contributed by atoms with Crippen LogP contribution in [0, 0.1) is 0 Å². The summed E-state index contributed by atoms with van der Waals surface area (Å²) >= 11 is 9.28. The maximum absolute atomic E-state index is 12.4. The quantitative estimate of drug-likeness (QED) is 0.692. The molecule has 0 aliphatic rings. The zero-order chi connectivity index (χ0) is 16.2. The predicted octanol–water partition coefficient (Wildman–Crippen LogP) is 4.42. The summed E-state index contributed by atoms with van der Waals surface area (Å²) in [5.74, 6) is -0.177. The molecule has 116 valence electrons. The second-order valence-corrected chi connectivity index (χ2v) is 6.33. The summed E-state index contributed by atoms with van der Waals surface area (Å²) in [6.45, 7) is 0.430. The van der Waals surface area contributed by atoms with Crippen LogP contribution in [0.25, 0.3) is 11.3 Å².